The van der Waals surface area contributed by atoms with Gasteiger partial charge in [-0.15, -0.1) is 0 Å². The van der Waals surface area contributed by atoms with Crippen molar-refractivity contribution in [3.8, 4) is 22.8 Å². The van der Waals surface area contributed by atoms with Crippen molar-refractivity contribution in [2.45, 2.75) is 50.6 Å². The van der Waals surface area contributed by atoms with E-state index >= 15 is 0 Å². The molecule has 2 saturated carbocycles. The molecule has 2 aromatic rings. The van der Waals surface area contributed by atoms with E-state index in [9.17, 15) is 19.5 Å². The van der Waals surface area contributed by atoms with Gasteiger partial charge in [0, 0.05) is 24.2 Å². The Morgan fingerprint density at radius 2 is 2.02 bits per heavy atom. The lowest BCUT2D eigenvalue weighted by Gasteiger charge is -2.30. The number of fused-ring (bicyclic) bond motifs is 2. The molecule has 2 bridgehead atoms. The highest BCUT2D eigenvalue weighted by Gasteiger charge is 2.48. The van der Waals surface area contributed by atoms with Crippen molar-refractivity contribution < 1.29 is 33.4 Å². The molecule has 1 N–H and O–H groups in total. The van der Waals surface area contributed by atoms with Crippen LogP contribution in [0.5, 0.6) is 11.5 Å². The molecule has 2 aliphatic carbocycles. The van der Waals surface area contributed by atoms with Crippen LogP contribution in [0, 0.1) is 11.8 Å². The summed E-state index contributed by atoms with van der Waals surface area (Å²) in [5, 5.41) is 9.37. The molecule has 0 spiro atoms. The fourth-order valence-electron chi connectivity index (χ4n) is 6.49. The predicted octanol–water partition coefficient (Wildman–Crippen LogP) is 4.80. The average Bonchev–Trinajstić information content (AvgIpc) is 3.77. The molecule has 2 aliphatic heterocycles. The van der Waals surface area contributed by atoms with E-state index in [-0.39, 0.29) is 24.5 Å². The van der Waals surface area contributed by atoms with E-state index in [1.54, 1.807) is 30.3 Å². The number of aliphatic carboxylic acids is 1. The minimum Gasteiger partial charge on any atom is -0.493 e. The lowest BCUT2D eigenvalue weighted by Crippen LogP contribution is -2.42. The molecule has 4 fully saturated rings. The predicted molar refractivity (Wildman–Crippen MR) is 153 cm³/mol. The Labute approximate surface area is 241 Å². The summed E-state index contributed by atoms with van der Waals surface area (Å²) in [6.45, 7) is 0.0868. The third kappa shape index (κ3) is 5.01. The molecule has 4 aliphatic rings. The topological polar surface area (TPSA) is 110 Å². The Morgan fingerprint density at radius 1 is 1.18 bits per heavy atom. The number of amides is 2. The van der Waals surface area contributed by atoms with Gasteiger partial charge in [0.15, 0.2) is 18.1 Å². The second-order valence-corrected chi connectivity index (χ2v) is 12.4. The summed E-state index contributed by atoms with van der Waals surface area (Å²) in [4.78, 5) is 41.1. The number of benzene rings is 1. The molecule has 9 nitrogen and oxygen atoms in total. The van der Waals surface area contributed by atoms with E-state index in [0.717, 1.165) is 12.3 Å². The average molecular weight is 583 g/mol. The van der Waals surface area contributed by atoms with E-state index in [4.69, 9.17) is 26.1 Å². The summed E-state index contributed by atoms with van der Waals surface area (Å²) in [6, 6.07) is 8.24. The molecule has 4 atom stereocenters. The minimum atomic E-state index is -1.01. The lowest BCUT2D eigenvalue weighted by atomic mass is 9.94. The maximum Gasteiger partial charge on any atom is 0.326 e. The first-order valence-corrected chi connectivity index (χ1v) is 14.7. The normalized spacial score (nSPS) is 26.8. The van der Waals surface area contributed by atoms with Crippen LogP contribution in [0.4, 0.5) is 0 Å². The van der Waals surface area contributed by atoms with Crippen LogP contribution in [0.2, 0.25) is 0 Å². The summed E-state index contributed by atoms with van der Waals surface area (Å²) in [5.74, 6) is 1.69. The van der Waals surface area contributed by atoms with Crippen molar-refractivity contribution in [1.29, 1.82) is 0 Å². The maximum atomic E-state index is 13.3. The molecule has 2 saturated heterocycles. The Hall–Kier alpha value is -3.31. The van der Waals surface area contributed by atoms with Crippen LogP contribution < -0.4 is 9.47 Å². The number of thioether (sulfide) groups is 1. The Morgan fingerprint density at radius 3 is 2.75 bits per heavy atom. The number of methoxy groups -OCH3 is 1. The van der Waals surface area contributed by atoms with Gasteiger partial charge in [0.25, 0.3) is 11.8 Å². The highest BCUT2D eigenvalue weighted by Crippen LogP contribution is 2.49. The highest BCUT2D eigenvalue weighted by atomic mass is 32.2. The molecular weight excluding hydrogens is 552 g/mol. The number of nitrogens with zero attached hydrogens (tertiary/aromatic N) is 2. The first kappa shape index (κ1) is 26.9. The van der Waals surface area contributed by atoms with E-state index in [2.05, 4.69) is 0 Å². The van der Waals surface area contributed by atoms with Crippen molar-refractivity contribution in [2.24, 2.45) is 11.8 Å². The largest absolute Gasteiger partial charge is 0.493 e. The van der Waals surface area contributed by atoms with Crippen LogP contribution >= 0.6 is 24.0 Å². The number of furan rings is 1. The van der Waals surface area contributed by atoms with Crippen molar-refractivity contribution >= 4 is 52.2 Å². The van der Waals surface area contributed by atoms with Gasteiger partial charge in [-0.05, 0) is 74.3 Å². The molecular formula is C29H30N2O7S2. The van der Waals surface area contributed by atoms with Gasteiger partial charge >= 0.3 is 5.97 Å². The number of ether oxygens (including phenoxy) is 2. The standard InChI is InChI=1S/C29H30N2O7S2/c1-36-23-8-6-18(13-24(23)37-15-26(32)30-10-2-3-20(30)28(34)35)22-9-7-19(38-22)14-25-27(33)31(29(39)40-25)21-12-16-4-5-17(21)11-16/h6-9,13-14,16-17,20-21H,2-5,10-12,15H2,1H3,(H,34,35). The van der Waals surface area contributed by atoms with E-state index in [1.165, 1.54) is 43.0 Å². The zero-order valence-electron chi connectivity index (χ0n) is 22.0. The minimum absolute atomic E-state index is 0.0431. The SMILES string of the molecule is COc1ccc(-c2ccc(C=C3SC(=S)N(C4CC5CCC4C5)C3=O)o2)cc1OCC(=O)N1CCCC1C(=O)O. The van der Waals surface area contributed by atoms with Gasteiger partial charge in [-0.3, -0.25) is 14.5 Å². The third-order valence-electron chi connectivity index (χ3n) is 8.41. The summed E-state index contributed by atoms with van der Waals surface area (Å²) in [7, 11) is 1.50. The van der Waals surface area contributed by atoms with Crippen LogP contribution in [0.25, 0.3) is 17.4 Å². The number of thiocarbonyl (C=S) groups is 1. The molecule has 6 rings (SSSR count). The Balaban J connectivity index is 1.15. The fraction of sp³-hybridized carbons (Fsp3) is 0.448. The Kier molecular flexibility index (Phi) is 7.35. The zero-order valence-corrected chi connectivity index (χ0v) is 23.7. The quantitative estimate of drug-likeness (QED) is 0.347. The van der Waals surface area contributed by atoms with Crippen LogP contribution in [-0.4, -0.2) is 69.4 Å². The number of likely N-dealkylation sites (tertiary alicyclic amines) is 1. The van der Waals surface area contributed by atoms with Crippen molar-refractivity contribution in [1.82, 2.24) is 9.80 Å². The number of hydrogen-bond acceptors (Lipinski definition) is 8. The first-order valence-electron chi connectivity index (χ1n) is 13.5. The van der Waals surface area contributed by atoms with Crippen molar-refractivity contribution in [2.75, 3.05) is 20.3 Å². The third-order valence-corrected chi connectivity index (χ3v) is 9.74. The number of hydrogen-bond donors (Lipinski definition) is 1. The van der Waals surface area contributed by atoms with E-state index in [1.807, 2.05) is 11.0 Å². The zero-order chi connectivity index (χ0) is 28.0. The number of carboxylic acids is 1. The molecule has 1 aromatic carbocycles. The molecule has 40 heavy (non-hydrogen) atoms. The van der Waals surface area contributed by atoms with Crippen LogP contribution in [-0.2, 0) is 14.4 Å². The molecule has 1 aromatic heterocycles. The van der Waals surface area contributed by atoms with Gasteiger partial charge in [0.05, 0.1) is 12.0 Å². The van der Waals surface area contributed by atoms with Crippen LogP contribution in [0.3, 0.4) is 0 Å². The van der Waals surface area contributed by atoms with Crippen LogP contribution in [0.15, 0.2) is 39.7 Å². The van der Waals surface area contributed by atoms with E-state index in [0.29, 0.717) is 63.1 Å². The monoisotopic (exact) mass is 582 g/mol. The molecule has 4 unspecified atom stereocenters. The number of rotatable bonds is 8. The highest BCUT2D eigenvalue weighted by molar-refractivity contribution is 8.26. The second kappa shape index (κ2) is 10.9. The van der Waals surface area contributed by atoms with Crippen LogP contribution in [0.1, 0.15) is 44.3 Å². The molecule has 3 heterocycles. The molecule has 210 valence electrons. The van der Waals surface area contributed by atoms with Gasteiger partial charge in [0.1, 0.15) is 21.9 Å². The summed E-state index contributed by atoms with van der Waals surface area (Å²) in [5.41, 5.74) is 0.696. The first-order chi connectivity index (χ1) is 19.3. The van der Waals surface area contributed by atoms with Gasteiger partial charge < -0.3 is 23.9 Å². The van der Waals surface area contributed by atoms with Gasteiger partial charge in [-0.1, -0.05) is 30.4 Å². The summed E-state index contributed by atoms with van der Waals surface area (Å²) >= 11 is 6.92. The number of carbonyl (C=O) groups is 3. The van der Waals surface area contributed by atoms with Gasteiger partial charge in [0.2, 0.25) is 0 Å². The summed E-state index contributed by atoms with van der Waals surface area (Å²) in [6.07, 6.45) is 7.51. The number of carbonyl (C=O) groups excluding carboxylic acids is 2. The van der Waals surface area contributed by atoms with Crippen molar-refractivity contribution in [3.05, 3.63) is 41.0 Å². The summed E-state index contributed by atoms with van der Waals surface area (Å²) < 4.78 is 17.9. The lowest BCUT2D eigenvalue weighted by molar-refractivity contribution is -0.149. The molecule has 0 radical (unpaired) electrons. The second-order valence-electron chi connectivity index (χ2n) is 10.7. The number of carboxylic acid groups (broad SMARTS) is 1. The maximum absolute atomic E-state index is 13.3. The van der Waals surface area contributed by atoms with Gasteiger partial charge in [-0.2, -0.15) is 0 Å². The van der Waals surface area contributed by atoms with E-state index < -0.39 is 12.0 Å². The fourth-order valence-corrected chi connectivity index (χ4v) is 7.85. The van der Waals surface area contributed by atoms with Gasteiger partial charge in [-0.25, -0.2) is 4.79 Å². The van der Waals surface area contributed by atoms with Crippen molar-refractivity contribution in [3.63, 3.8) is 0 Å². The molecule has 11 heteroatoms. The smallest absolute Gasteiger partial charge is 0.326 e. The Bertz CT molecular complexity index is 1400. The molecule has 2 amide bonds.